The van der Waals surface area contributed by atoms with E-state index in [1.54, 1.807) is 22.0 Å². The molecule has 1 aromatic carbocycles. The maximum absolute atomic E-state index is 13.0. The van der Waals surface area contributed by atoms with E-state index in [4.69, 9.17) is 4.74 Å². The van der Waals surface area contributed by atoms with E-state index in [1.807, 2.05) is 49.4 Å². The van der Waals surface area contributed by atoms with Gasteiger partial charge >= 0.3 is 0 Å². The molecule has 0 aliphatic carbocycles. The predicted octanol–water partition coefficient (Wildman–Crippen LogP) is 2.54. The third-order valence-corrected chi connectivity index (χ3v) is 4.34. The van der Waals surface area contributed by atoms with Crippen molar-refractivity contribution in [1.29, 1.82) is 0 Å². The van der Waals surface area contributed by atoms with Crippen LogP contribution in [0.4, 0.5) is 5.69 Å². The van der Waals surface area contributed by atoms with E-state index in [0.717, 1.165) is 23.6 Å². The van der Waals surface area contributed by atoms with Crippen LogP contribution < -0.4 is 9.64 Å². The molecule has 0 bridgehead atoms. The number of ether oxygens (including phenoxy) is 1. The SMILES string of the molecule is CC[C@@H]1CN(C(=O)c2cn(Cc3ccccn3)nn2)c2ccccc2O1. The van der Waals surface area contributed by atoms with Gasteiger partial charge in [-0.1, -0.05) is 30.3 Å². The summed E-state index contributed by atoms with van der Waals surface area (Å²) < 4.78 is 7.56. The van der Waals surface area contributed by atoms with Gasteiger partial charge in [-0.2, -0.15) is 0 Å². The quantitative estimate of drug-likeness (QED) is 0.724. The van der Waals surface area contributed by atoms with E-state index in [2.05, 4.69) is 15.3 Å². The van der Waals surface area contributed by atoms with Gasteiger partial charge in [-0.3, -0.25) is 14.7 Å². The zero-order valence-corrected chi connectivity index (χ0v) is 14.4. The van der Waals surface area contributed by atoms with Crippen molar-refractivity contribution in [2.75, 3.05) is 11.4 Å². The highest BCUT2D eigenvalue weighted by Crippen LogP contribution is 2.34. The fourth-order valence-corrected chi connectivity index (χ4v) is 2.97. The van der Waals surface area contributed by atoms with E-state index < -0.39 is 0 Å². The fraction of sp³-hybridized carbons (Fsp3) is 0.263. The molecule has 0 saturated carbocycles. The molecule has 0 radical (unpaired) electrons. The molecular weight excluding hydrogens is 330 g/mol. The van der Waals surface area contributed by atoms with E-state index in [9.17, 15) is 4.79 Å². The van der Waals surface area contributed by atoms with Crippen LogP contribution in [-0.2, 0) is 6.54 Å². The third-order valence-electron chi connectivity index (χ3n) is 4.34. The van der Waals surface area contributed by atoms with E-state index in [0.29, 0.717) is 18.8 Å². The second-order valence-electron chi connectivity index (χ2n) is 6.15. The lowest BCUT2D eigenvalue weighted by molar-refractivity contribution is 0.0949. The van der Waals surface area contributed by atoms with Crippen molar-refractivity contribution < 1.29 is 9.53 Å². The van der Waals surface area contributed by atoms with Gasteiger partial charge in [0.05, 0.1) is 30.7 Å². The van der Waals surface area contributed by atoms with Gasteiger partial charge in [0.25, 0.3) is 5.91 Å². The number of nitrogens with zero attached hydrogens (tertiary/aromatic N) is 5. The summed E-state index contributed by atoms with van der Waals surface area (Å²) in [7, 11) is 0. The zero-order valence-electron chi connectivity index (χ0n) is 14.4. The molecule has 0 fully saturated rings. The van der Waals surface area contributed by atoms with Gasteiger partial charge in [0.1, 0.15) is 11.9 Å². The van der Waals surface area contributed by atoms with Crippen molar-refractivity contribution in [3.05, 3.63) is 66.2 Å². The second-order valence-corrected chi connectivity index (χ2v) is 6.15. The molecule has 3 aromatic rings. The largest absolute Gasteiger partial charge is 0.486 e. The fourth-order valence-electron chi connectivity index (χ4n) is 2.97. The number of fused-ring (bicyclic) bond motifs is 1. The first-order valence-electron chi connectivity index (χ1n) is 8.62. The number of hydrogen-bond donors (Lipinski definition) is 0. The Bertz CT molecular complexity index is 909. The Kier molecular flexibility index (Phi) is 4.35. The van der Waals surface area contributed by atoms with Crippen LogP contribution >= 0.6 is 0 Å². The average molecular weight is 349 g/mol. The number of amides is 1. The minimum absolute atomic E-state index is 0.0302. The van der Waals surface area contributed by atoms with Gasteiger partial charge < -0.3 is 4.74 Å². The van der Waals surface area contributed by atoms with Gasteiger partial charge in [0.15, 0.2) is 5.69 Å². The summed E-state index contributed by atoms with van der Waals surface area (Å²) in [6, 6.07) is 13.3. The number of carbonyl (C=O) groups excluding carboxylic acids is 1. The number of anilines is 1. The number of carbonyl (C=O) groups is 1. The first-order valence-corrected chi connectivity index (χ1v) is 8.62. The molecule has 1 amide bonds. The van der Waals surface area contributed by atoms with E-state index in [-0.39, 0.29) is 12.0 Å². The standard InChI is InChI=1S/C19H19N5O2/c1-2-15-12-24(17-8-3-4-9-18(17)26-15)19(25)16-13-23(22-21-16)11-14-7-5-6-10-20-14/h3-10,13,15H,2,11-12H2,1H3/t15-/m1/s1. The van der Waals surface area contributed by atoms with Crippen LogP contribution in [-0.4, -0.2) is 38.5 Å². The molecule has 1 aliphatic heterocycles. The number of para-hydroxylation sites is 2. The summed E-state index contributed by atoms with van der Waals surface area (Å²) in [5, 5.41) is 8.13. The van der Waals surface area contributed by atoms with Crippen molar-refractivity contribution in [2.24, 2.45) is 0 Å². The predicted molar refractivity (Wildman–Crippen MR) is 96.2 cm³/mol. The highest BCUT2D eigenvalue weighted by Gasteiger charge is 2.30. The number of aromatic nitrogens is 4. The Labute approximate surface area is 151 Å². The van der Waals surface area contributed by atoms with Crippen LogP contribution in [0.2, 0.25) is 0 Å². The van der Waals surface area contributed by atoms with Gasteiger partial charge in [-0.05, 0) is 30.7 Å². The Morgan fingerprint density at radius 1 is 1.23 bits per heavy atom. The Balaban J connectivity index is 1.58. The van der Waals surface area contributed by atoms with E-state index in [1.165, 1.54) is 0 Å². The molecule has 1 atom stereocenters. The van der Waals surface area contributed by atoms with Crippen molar-refractivity contribution >= 4 is 11.6 Å². The smallest absolute Gasteiger partial charge is 0.280 e. The van der Waals surface area contributed by atoms with Crippen LogP contribution in [0, 0.1) is 0 Å². The lowest BCUT2D eigenvalue weighted by Crippen LogP contribution is -2.43. The molecule has 7 nitrogen and oxygen atoms in total. The van der Waals surface area contributed by atoms with Gasteiger partial charge in [0.2, 0.25) is 0 Å². The van der Waals surface area contributed by atoms with Crippen LogP contribution in [0.15, 0.2) is 54.9 Å². The Hall–Kier alpha value is -3.22. The van der Waals surface area contributed by atoms with Crippen molar-refractivity contribution in [1.82, 2.24) is 20.0 Å². The maximum Gasteiger partial charge on any atom is 0.280 e. The number of benzene rings is 1. The monoisotopic (exact) mass is 349 g/mol. The molecule has 0 N–H and O–H groups in total. The summed E-state index contributed by atoms with van der Waals surface area (Å²) in [5.74, 6) is 0.547. The van der Waals surface area contributed by atoms with E-state index >= 15 is 0 Å². The first kappa shape index (κ1) is 16.3. The Morgan fingerprint density at radius 2 is 2.08 bits per heavy atom. The Morgan fingerprint density at radius 3 is 2.88 bits per heavy atom. The lowest BCUT2D eigenvalue weighted by atomic mass is 10.1. The average Bonchev–Trinajstić information content (AvgIpc) is 3.15. The second kappa shape index (κ2) is 6.95. The number of hydrogen-bond acceptors (Lipinski definition) is 5. The number of rotatable bonds is 4. The number of pyridine rings is 1. The minimum atomic E-state index is -0.175. The van der Waals surface area contributed by atoms with Crippen molar-refractivity contribution in [3.63, 3.8) is 0 Å². The highest BCUT2D eigenvalue weighted by molar-refractivity contribution is 6.05. The van der Waals surface area contributed by atoms with Crippen LogP contribution in [0.25, 0.3) is 0 Å². The summed E-state index contributed by atoms with van der Waals surface area (Å²) in [6.45, 7) is 3.02. The molecule has 2 aromatic heterocycles. The topological polar surface area (TPSA) is 73.1 Å². The normalized spacial score (nSPS) is 16.0. The molecule has 26 heavy (non-hydrogen) atoms. The molecule has 3 heterocycles. The summed E-state index contributed by atoms with van der Waals surface area (Å²) in [4.78, 5) is 19.0. The molecule has 0 unspecified atom stereocenters. The van der Waals surface area contributed by atoms with Crippen LogP contribution in [0.5, 0.6) is 5.75 Å². The minimum Gasteiger partial charge on any atom is -0.486 e. The first-order chi connectivity index (χ1) is 12.7. The summed E-state index contributed by atoms with van der Waals surface area (Å²) >= 11 is 0. The summed E-state index contributed by atoms with van der Waals surface area (Å²) in [6.07, 6.45) is 4.19. The molecule has 0 saturated heterocycles. The van der Waals surface area contributed by atoms with Gasteiger partial charge in [0, 0.05) is 6.20 Å². The third kappa shape index (κ3) is 3.15. The molecule has 4 rings (SSSR count). The maximum atomic E-state index is 13.0. The molecular formula is C19H19N5O2. The zero-order chi connectivity index (χ0) is 17.9. The van der Waals surface area contributed by atoms with Crippen molar-refractivity contribution in [2.45, 2.75) is 26.0 Å². The lowest BCUT2D eigenvalue weighted by Gasteiger charge is -2.34. The van der Waals surface area contributed by atoms with Crippen LogP contribution in [0.1, 0.15) is 29.5 Å². The molecule has 1 aliphatic rings. The molecule has 0 spiro atoms. The summed E-state index contributed by atoms with van der Waals surface area (Å²) in [5.41, 5.74) is 1.94. The van der Waals surface area contributed by atoms with Gasteiger partial charge in [-0.25, -0.2) is 4.68 Å². The molecule has 132 valence electrons. The van der Waals surface area contributed by atoms with Crippen LogP contribution in [0.3, 0.4) is 0 Å². The highest BCUT2D eigenvalue weighted by atomic mass is 16.5. The molecule has 7 heteroatoms. The van der Waals surface area contributed by atoms with Crippen molar-refractivity contribution in [3.8, 4) is 5.75 Å². The van der Waals surface area contributed by atoms with Gasteiger partial charge in [-0.15, -0.1) is 5.10 Å².